The van der Waals surface area contributed by atoms with Crippen LogP contribution in [0.4, 0.5) is 0 Å². The van der Waals surface area contributed by atoms with E-state index in [1.807, 2.05) is 91.0 Å². The molecule has 3 nitrogen and oxygen atoms in total. The standard InChI is InChI=1S/C25H22O3/c26-22-16-21(19-12-6-2-7-13-19)23(20-14-8-3-9-15-20)24(22)25(27)28-17-18-10-4-1-5-11-18/h1-15,21,23-24H,16-17H2. The van der Waals surface area contributed by atoms with Crippen LogP contribution in [0.1, 0.15) is 34.9 Å². The molecule has 3 aromatic rings. The molecule has 0 aromatic heterocycles. The summed E-state index contributed by atoms with van der Waals surface area (Å²) in [5.41, 5.74) is 3.00. The zero-order chi connectivity index (χ0) is 19.3. The lowest BCUT2D eigenvalue weighted by Crippen LogP contribution is -2.27. The van der Waals surface area contributed by atoms with Crippen molar-refractivity contribution in [3.05, 3.63) is 108 Å². The average Bonchev–Trinajstić information content (AvgIpc) is 3.11. The fourth-order valence-corrected chi connectivity index (χ4v) is 4.13. The second kappa shape index (κ2) is 8.22. The lowest BCUT2D eigenvalue weighted by atomic mass is 9.80. The molecule has 1 saturated carbocycles. The summed E-state index contributed by atoms with van der Waals surface area (Å²) in [7, 11) is 0. The number of esters is 1. The van der Waals surface area contributed by atoms with Gasteiger partial charge in [0.2, 0.25) is 0 Å². The molecule has 0 aliphatic heterocycles. The van der Waals surface area contributed by atoms with E-state index in [1.165, 1.54) is 0 Å². The first kappa shape index (κ1) is 18.2. The van der Waals surface area contributed by atoms with Gasteiger partial charge in [0.15, 0.2) is 0 Å². The minimum atomic E-state index is -0.767. The van der Waals surface area contributed by atoms with Crippen LogP contribution in [-0.4, -0.2) is 11.8 Å². The number of carbonyl (C=O) groups excluding carboxylic acids is 2. The molecule has 28 heavy (non-hydrogen) atoms. The predicted octanol–water partition coefficient (Wildman–Crippen LogP) is 4.89. The maximum atomic E-state index is 12.9. The van der Waals surface area contributed by atoms with Crippen LogP contribution < -0.4 is 0 Å². The van der Waals surface area contributed by atoms with Crippen molar-refractivity contribution in [3.63, 3.8) is 0 Å². The number of ether oxygens (including phenoxy) is 1. The van der Waals surface area contributed by atoms with E-state index in [0.717, 1.165) is 16.7 Å². The van der Waals surface area contributed by atoms with E-state index in [0.29, 0.717) is 6.42 Å². The van der Waals surface area contributed by atoms with Gasteiger partial charge in [0.25, 0.3) is 0 Å². The molecule has 0 saturated heterocycles. The molecule has 0 spiro atoms. The molecule has 0 amide bonds. The first-order valence-corrected chi connectivity index (χ1v) is 9.57. The fourth-order valence-electron chi connectivity index (χ4n) is 4.13. The van der Waals surface area contributed by atoms with Crippen molar-refractivity contribution in [2.75, 3.05) is 0 Å². The summed E-state index contributed by atoms with van der Waals surface area (Å²) in [6, 6.07) is 29.4. The van der Waals surface area contributed by atoms with E-state index < -0.39 is 11.9 Å². The molecule has 0 N–H and O–H groups in total. The number of benzene rings is 3. The largest absolute Gasteiger partial charge is 0.460 e. The van der Waals surface area contributed by atoms with Gasteiger partial charge >= 0.3 is 5.97 Å². The number of rotatable bonds is 5. The summed E-state index contributed by atoms with van der Waals surface area (Å²) in [5.74, 6) is -1.47. The lowest BCUT2D eigenvalue weighted by molar-refractivity contribution is -0.152. The van der Waals surface area contributed by atoms with Crippen molar-refractivity contribution in [2.45, 2.75) is 24.9 Å². The second-order valence-electron chi connectivity index (χ2n) is 7.20. The Hall–Kier alpha value is -3.20. The molecule has 1 fully saturated rings. The van der Waals surface area contributed by atoms with Gasteiger partial charge in [-0.2, -0.15) is 0 Å². The normalized spacial score (nSPS) is 21.4. The highest BCUT2D eigenvalue weighted by Gasteiger charge is 2.48. The third-order valence-electron chi connectivity index (χ3n) is 5.45. The molecule has 4 rings (SSSR count). The summed E-state index contributed by atoms with van der Waals surface area (Å²) in [5, 5.41) is 0. The monoisotopic (exact) mass is 370 g/mol. The van der Waals surface area contributed by atoms with Crippen LogP contribution in [0.5, 0.6) is 0 Å². The first-order valence-electron chi connectivity index (χ1n) is 9.57. The zero-order valence-corrected chi connectivity index (χ0v) is 15.5. The highest BCUT2D eigenvalue weighted by atomic mass is 16.5. The highest BCUT2D eigenvalue weighted by molar-refractivity contribution is 6.02. The van der Waals surface area contributed by atoms with Gasteiger partial charge in [-0.05, 0) is 22.6 Å². The smallest absolute Gasteiger partial charge is 0.317 e. The highest BCUT2D eigenvalue weighted by Crippen LogP contribution is 2.48. The Morgan fingerprint density at radius 3 is 1.93 bits per heavy atom. The number of hydrogen-bond acceptors (Lipinski definition) is 3. The Kier molecular flexibility index (Phi) is 5.34. The van der Waals surface area contributed by atoms with Crippen LogP contribution in [0.2, 0.25) is 0 Å². The van der Waals surface area contributed by atoms with E-state index in [1.54, 1.807) is 0 Å². The molecule has 1 aliphatic rings. The van der Waals surface area contributed by atoms with Gasteiger partial charge in [-0.1, -0.05) is 91.0 Å². The molecule has 0 radical (unpaired) electrons. The summed E-state index contributed by atoms with van der Waals surface area (Å²) in [6.07, 6.45) is 0.356. The molecule has 0 heterocycles. The van der Waals surface area contributed by atoms with Crippen molar-refractivity contribution in [1.29, 1.82) is 0 Å². The van der Waals surface area contributed by atoms with Gasteiger partial charge in [-0.3, -0.25) is 9.59 Å². The molecule has 3 atom stereocenters. The molecular weight excluding hydrogens is 348 g/mol. The lowest BCUT2D eigenvalue weighted by Gasteiger charge is -2.24. The van der Waals surface area contributed by atoms with Crippen molar-refractivity contribution < 1.29 is 14.3 Å². The Labute approximate surface area is 165 Å². The average molecular weight is 370 g/mol. The van der Waals surface area contributed by atoms with Crippen LogP contribution in [-0.2, 0) is 20.9 Å². The Bertz CT molecular complexity index is 935. The third-order valence-corrected chi connectivity index (χ3v) is 5.45. The van der Waals surface area contributed by atoms with Crippen molar-refractivity contribution in [1.82, 2.24) is 0 Å². The molecular formula is C25H22O3. The van der Waals surface area contributed by atoms with Crippen LogP contribution in [0, 0.1) is 5.92 Å². The van der Waals surface area contributed by atoms with Crippen molar-refractivity contribution in [3.8, 4) is 0 Å². The van der Waals surface area contributed by atoms with Crippen molar-refractivity contribution in [2.24, 2.45) is 5.92 Å². The quantitative estimate of drug-likeness (QED) is 0.475. The van der Waals surface area contributed by atoms with E-state index in [4.69, 9.17) is 4.74 Å². The molecule has 140 valence electrons. The number of ketones is 1. The number of hydrogen-bond donors (Lipinski definition) is 0. The summed E-state index contributed by atoms with van der Waals surface area (Å²) >= 11 is 0. The second-order valence-corrected chi connectivity index (χ2v) is 7.20. The number of Topliss-reactive ketones (excluding diaryl/α,β-unsaturated/α-hetero) is 1. The van der Waals surface area contributed by atoms with Crippen LogP contribution in [0.25, 0.3) is 0 Å². The Balaban J connectivity index is 1.62. The molecule has 3 heteroatoms. The van der Waals surface area contributed by atoms with Crippen molar-refractivity contribution >= 4 is 11.8 Å². The minimum Gasteiger partial charge on any atom is -0.460 e. The van der Waals surface area contributed by atoms with Gasteiger partial charge in [0, 0.05) is 12.3 Å². The SMILES string of the molecule is O=C1CC(c2ccccc2)C(c2ccccc2)C1C(=O)OCc1ccccc1. The molecule has 0 bridgehead atoms. The fraction of sp³-hybridized carbons (Fsp3) is 0.200. The summed E-state index contributed by atoms with van der Waals surface area (Å²) < 4.78 is 5.56. The zero-order valence-electron chi connectivity index (χ0n) is 15.5. The minimum absolute atomic E-state index is 0.0228. The van der Waals surface area contributed by atoms with Gasteiger partial charge in [0.05, 0.1) is 0 Å². The maximum Gasteiger partial charge on any atom is 0.317 e. The Morgan fingerprint density at radius 2 is 1.32 bits per heavy atom. The molecule has 1 aliphatic carbocycles. The molecule has 3 aromatic carbocycles. The van der Waals surface area contributed by atoms with Crippen LogP contribution in [0.15, 0.2) is 91.0 Å². The third kappa shape index (κ3) is 3.74. The number of carbonyl (C=O) groups is 2. The topological polar surface area (TPSA) is 43.4 Å². The van der Waals surface area contributed by atoms with Gasteiger partial charge in [0.1, 0.15) is 18.3 Å². The molecule has 3 unspecified atom stereocenters. The van der Waals surface area contributed by atoms with Gasteiger partial charge < -0.3 is 4.74 Å². The summed E-state index contributed by atoms with van der Waals surface area (Å²) in [4.78, 5) is 25.8. The van der Waals surface area contributed by atoms with Crippen LogP contribution in [0.3, 0.4) is 0 Å². The van der Waals surface area contributed by atoms with E-state index in [-0.39, 0.29) is 24.2 Å². The van der Waals surface area contributed by atoms with E-state index >= 15 is 0 Å². The van der Waals surface area contributed by atoms with Gasteiger partial charge in [-0.15, -0.1) is 0 Å². The van der Waals surface area contributed by atoms with Gasteiger partial charge in [-0.25, -0.2) is 0 Å². The van der Waals surface area contributed by atoms with E-state index in [9.17, 15) is 9.59 Å². The first-order chi connectivity index (χ1) is 13.7. The summed E-state index contributed by atoms with van der Waals surface area (Å²) in [6.45, 7) is 0.182. The van der Waals surface area contributed by atoms with Crippen LogP contribution >= 0.6 is 0 Å². The Morgan fingerprint density at radius 1 is 0.786 bits per heavy atom. The predicted molar refractivity (Wildman–Crippen MR) is 108 cm³/mol. The van der Waals surface area contributed by atoms with E-state index in [2.05, 4.69) is 0 Å². The maximum absolute atomic E-state index is 12.9.